The van der Waals surface area contributed by atoms with Crippen molar-refractivity contribution < 1.29 is 9.53 Å². The quantitative estimate of drug-likeness (QED) is 0.325. The summed E-state index contributed by atoms with van der Waals surface area (Å²) in [5.74, 6) is 1.40. The first kappa shape index (κ1) is 25.0. The van der Waals surface area contributed by atoms with Gasteiger partial charge in [-0.3, -0.25) is 9.79 Å². The fraction of sp³-hybridized carbons (Fsp3) is 0.333. The van der Waals surface area contributed by atoms with Crippen LogP contribution in [-0.4, -0.2) is 50.6 Å². The molecular formula is C21H28ClIN4O2. The lowest BCUT2D eigenvalue weighted by molar-refractivity contribution is 0.0827. The highest BCUT2D eigenvalue weighted by Gasteiger charge is 2.08. The molecule has 0 heterocycles. The molecule has 2 rings (SSSR count). The second-order valence-corrected chi connectivity index (χ2v) is 7.03. The smallest absolute Gasteiger partial charge is 0.253 e. The van der Waals surface area contributed by atoms with Crippen molar-refractivity contribution in [3.8, 4) is 5.75 Å². The summed E-state index contributed by atoms with van der Waals surface area (Å²) in [6, 6.07) is 14.9. The molecule has 0 fully saturated rings. The zero-order chi connectivity index (χ0) is 20.5. The van der Waals surface area contributed by atoms with Gasteiger partial charge in [0.25, 0.3) is 5.91 Å². The van der Waals surface area contributed by atoms with Crippen molar-refractivity contribution >= 4 is 47.4 Å². The normalized spacial score (nSPS) is 11.8. The Kier molecular flexibility index (Phi) is 10.8. The molecule has 2 N–H and O–H groups in total. The van der Waals surface area contributed by atoms with Crippen molar-refractivity contribution in [2.75, 3.05) is 27.7 Å². The molecule has 0 aliphatic heterocycles. The maximum Gasteiger partial charge on any atom is 0.253 e. The van der Waals surface area contributed by atoms with E-state index in [-0.39, 0.29) is 36.0 Å². The van der Waals surface area contributed by atoms with Crippen molar-refractivity contribution in [2.45, 2.75) is 19.6 Å². The van der Waals surface area contributed by atoms with Crippen LogP contribution in [0.15, 0.2) is 53.5 Å². The SMILES string of the molecule is CN=C(NCc1ccc(C(=O)N(C)C)cc1)NCC(C)Oc1cccc(Cl)c1.I. The van der Waals surface area contributed by atoms with Crippen LogP contribution >= 0.6 is 35.6 Å². The monoisotopic (exact) mass is 530 g/mol. The predicted octanol–water partition coefficient (Wildman–Crippen LogP) is 3.79. The number of nitrogens with zero attached hydrogens (tertiary/aromatic N) is 2. The zero-order valence-electron chi connectivity index (χ0n) is 17.1. The fourth-order valence-corrected chi connectivity index (χ4v) is 2.66. The van der Waals surface area contributed by atoms with E-state index < -0.39 is 0 Å². The average Bonchev–Trinajstić information content (AvgIpc) is 2.68. The van der Waals surface area contributed by atoms with Crippen molar-refractivity contribution in [3.63, 3.8) is 0 Å². The van der Waals surface area contributed by atoms with E-state index in [0.29, 0.717) is 29.6 Å². The number of guanidine groups is 1. The van der Waals surface area contributed by atoms with Crippen LogP contribution < -0.4 is 15.4 Å². The first-order valence-corrected chi connectivity index (χ1v) is 9.44. The minimum atomic E-state index is -0.0617. The van der Waals surface area contributed by atoms with Gasteiger partial charge >= 0.3 is 0 Å². The molecule has 6 nitrogen and oxygen atoms in total. The van der Waals surface area contributed by atoms with Gasteiger partial charge in [0.1, 0.15) is 11.9 Å². The maximum atomic E-state index is 11.9. The minimum absolute atomic E-state index is 0. The number of halogens is 2. The van der Waals surface area contributed by atoms with Crippen molar-refractivity contribution in [1.82, 2.24) is 15.5 Å². The number of amides is 1. The molecule has 0 aromatic heterocycles. The third kappa shape index (κ3) is 8.49. The van der Waals surface area contributed by atoms with Gasteiger partial charge in [-0.25, -0.2) is 0 Å². The summed E-state index contributed by atoms with van der Waals surface area (Å²) in [4.78, 5) is 17.7. The van der Waals surface area contributed by atoms with E-state index in [1.807, 2.05) is 49.4 Å². The van der Waals surface area contributed by atoms with Gasteiger partial charge in [-0.15, -0.1) is 24.0 Å². The molecule has 29 heavy (non-hydrogen) atoms. The summed E-state index contributed by atoms with van der Waals surface area (Å²) >= 11 is 5.97. The number of carbonyl (C=O) groups excluding carboxylic acids is 1. The molecule has 1 unspecified atom stereocenters. The zero-order valence-corrected chi connectivity index (χ0v) is 20.2. The van der Waals surface area contributed by atoms with Crippen LogP contribution in [0.3, 0.4) is 0 Å². The van der Waals surface area contributed by atoms with E-state index in [9.17, 15) is 4.79 Å². The van der Waals surface area contributed by atoms with E-state index >= 15 is 0 Å². The molecule has 2 aromatic carbocycles. The third-order valence-electron chi connectivity index (χ3n) is 3.98. The molecule has 0 saturated heterocycles. The summed E-state index contributed by atoms with van der Waals surface area (Å²) in [5.41, 5.74) is 1.73. The Labute approximate surface area is 194 Å². The Morgan fingerprint density at radius 1 is 1.17 bits per heavy atom. The van der Waals surface area contributed by atoms with Gasteiger partial charge in [0, 0.05) is 38.3 Å². The molecular weight excluding hydrogens is 503 g/mol. The van der Waals surface area contributed by atoms with E-state index in [1.165, 1.54) is 0 Å². The number of carbonyl (C=O) groups is 1. The predicted molar refractivity (Wildman–Crippen MR) is 130 cm³/mol. The number of rotatable bonds is 7. The van der Waals surface area contributed by atoms with Crippen molar-refractivity contribution in [3.05, 3.63) is 64.7 Å². The Balaban J connectivity index is 0.00000420. The molecule has 0 bridgehead atoms. The lowest BCUT2D eigenvalue weighted by atomic mass is 10.1. The maximum absolute atomic E-state index is 11.9. The molecule has 0 radical (unpaired) electrons. The topological polar surface area (TPSA) is 66.0 Å². The summed E-state index contributed by atoms with van der Waals surface area (Å²) in [7, 11) is 5.20. The Bertz CT molecular complexity index is 813. The lowest BCUT2D eigenvalue weighted by Gasteiger charge is -2.18. The number of hydrogen-bond acceptors (Lipinski definition) is 3. The summed E-state index contributed by atoms with van der Waals surface area (Å²) in [6.07, 6.45) is -0.0617. The van der Waals surface area contributed by atoms with Crippen LogP contribution in [0.2, 0.25) is 5.02 Å². The molecule has 158 valence electrons. The molecule has 8 heteroatoms. The van der Waals surface area contributed by atoms with E-state index in [1.54, 1.807) is 32.1 Å². The highest BCUT2D eigenvalue weighted by atomic mass is 127. The Morgan fingerprint density at radius 3 is 2.45 bits per heavy atom. The van der Waals surface area contributed by atoms with Crippen LogP contribution in [-0.2, 0) is 6.54 Å². The van der Waals surface area contributed by atoms with Crippen molar-refractivity contribution in [2.24, 2.45) is 4.99 Å². The van der Waals surface area contributed by atoms with Gasteiger partial charge in [0.05, 0.1) is 6.54 Å². The van der Waals surface area contributed by atoms with Gasteiger partial charge in [0.15, 0.2) is 5.96 Å². The lowest BCUT2D eigenvalue weighted by Crippen LogP contribution is -2.41. The van der Waals surface area contributed by atoms with Gasteiger partial charge in [0.2, 0.25) is 0 Å². The molecule has 2 aromatic rings. The molecule has 0 spiro atoms. The molecule has 0 saturated carbocycles. The molecule has 1 atom stereocenters. The van der Waals surface area contributed by atoms with E-state index in [2.05, 4.69) is 15.6 Å². The molecule has 1 amide bonds. The minimum Gasteiger partial charge on any atom is -0.489 e. The van der Waals surface area contributed by atoms with Crippen molar-refractivity contribution in [1.29, 1.82) is 0 Å². The van der Waals surface area contributed by atoms with Gasteiger partial charge in [-0.05, 0) is 42.8 Å². The first-order valence-electron chi connectivity index (χ1n) is 9.06. The summed E-state index contributed by atoms with van der Waals surface area (Å²) < 4.78 is 5.84. The first-order chi connectivity index (χ1) is 13.4. The Morgan fingerprint density at radius 2 is 1.86 bits per heavy atom. The van der Waals surface area contributed by atoms with Crippen LogP contribution in [0.25, 0.3) is 0 Å². The number of benzene rings is 2. The van der Waals surface area contributed by atoms with Gasteiger partial charge in [-0.2, -0.15) is 0 Å². The van der Waals surface area contributed by atoms with Crippen LogP contribution in [0.5, 0.6) is 5.75 Å². The number of hydrogen-bond donors (Lipinski definition) is 2. The third-order valence-corrected chi connectivity index (χ3v) is 4.22. The second-order valence-electron chi connectivity index (χ2n) is 6.59. The number of aliphatic imine (C=N–C) groups is 1. The largest absolute Gasteiger partial charge is 0.489 e. The highest BCUT2D eigenvalue weighted by molar-refractivity contribution is 14.0. The van der Waals surface area contributed by atoms with E-state index in [0.717, 1.165) is 11.3 Å². The van der Waals surface area contributed by atoms with Gasteiger partial charge < -0.3 is 20.3 Å². The fourth-order valence-electron chi connectivity index (χ4n) is 2.48. The van der Waals surface area contributed by atoms with E-state index in [4.69, 9.17) is 16.3 Å². The second kappa shape index (κ2) is 12.5. The highest BCUT2D eigenvalue weighted by Crippen LogP contribution is 2.18. The van der Waals surface area contributed by atoms with Crippen LogP contribution in [0.4, 0.5) is 0 Å². The summed E-state index contributed by atoms with van der Waals surface area (Å²) in [5, 5.41) is 7.14. The van der Waals surface area contributed by atoms with Crippen LogP contribution in [0.1, 0.15) is 22.8 Å². The Hall–Kier alpha value is -2.00. The number of nitrogens with one attached hydrogen (secondary N) is 2. The summed E-state index contributed by atoms with van der Waals surface area (Å²) in [6.45, 7) is 3.16. The molecule has 0 aliphatic carbocycles. The van der Waals surface area contributed by atoms with Gasteiger partial charge in [-0.1, -0.05) is 29.8 Å². The number of ether oxygens (including phenoxy) is 1. The molecule has 0 aliphatic rings. The van der Waals surface area contributed by atoms with Crippen LogP contribution in [0, 0.1) is 0 Å². The average molecular weight is 531 g/mol. The standard InChI is InChI=1S/C21H27ClN4O2.HI/c1-15(28-19-7-5-6-18(22)12-19)13-24-21(23-2)25-14-16-8-10-17(11-9-16)20(27)26(3)4;/h5-12,15H,13-14H2,1-4H3,(H2,23,24,25);1H.